The molecular formula is C21H25N3. The van der Waals surface area contributed by atoms with E-state index in [0.29, 0.717) is 16.5 Å². The minimum Gasteiger partial charge on any atom is -0.344 e. The van der Waals surface area contributed by atoms with Crippen molar-refractivity contribution in [3.05, 3.63) is 64.6 Å². The second-order valence-electron chi connectivity index (χ2n) is 5.88. The van der Waals surface area contributed by atoms with Crippen LogP contribution in [0, 0.1) is 13.8 Å². The van der Waals surface area contributed by atoms with Crippen LogP contribution in [-0.4, -0.2) is 27.9 Å². The molecule has 0 saturated carbocycles. The molecule has 0 amide bonds. The highest BCUT2D eigenvalue weighted by Gasteiger charge is 2.22. The van der Waals surface area contributed by atoms with Gasteiger partial charge in [-0.2, -0.15) is 0 Å². The summed E-state index contributed by atoms with van der Waals surface area (Å²) in [7, 11) is 0. The molecule has 24 heavy (non-hydrogen) atoms. The highest BCUT2D eigenvalue weighted by molar-refractivity contribution is 5.86. The number of nitrogens with zero attached hydrogens (tertiary/aromatic N) is 3. The van der Waals surface area contributed by atoms with Crippen LogP contribution in [-0.2, 0) is 25.8 Å². The summed E-state index contributed by atoms with van der Waals surface area (Å²) in [4.78, 5) is 4.00. The summed E-state index contributed by atoms with van der Waals surface area (Å²) in [6.45, 7) is -9.80. The van der Waals surface area contributed by atoms with Gasteiger partial charge < -0.3 is 9.47 Å². The molecule has 4 rings (SSSR count). The van der Waals surface area contributed by atoms with Crippen LogP contribution in [0.3, 0.4) is 0 Å². The molecule has 3 aromatic rings. The predicted octanol–water partition coefficient (Wildman–Crippen LogP) is 3.88. The third-order valence-electron chi connectivity index (χ3n) is 4.18. The van der Waals surface area contributed by atoms with E-state index in [1.165, 1.54) is 16.8 Å². The molecule has 3 heterocycles. The van der Waals surface area contributed by atoms with E-state index >= 15 is 0 Å². The SMILES string of the molecule is [2H]C([2H])([2H])c1ccc(CCn2c3c(c4cc(C)ccc42)C([2H])([2H])N(C([2H])([2H])[2H])C([2H])([2H])C3([2H])[2H])cn1. The van der Waals surface area contributed by atoms with E-state index in [9.17, 15) is 0 Å². The Morgan fingerprint density at radius 1 is 1.29 bits per heavy atom. The van der Waals surface area contributed by atoms with E-state index < -0.39 is 33.2 Å². The molecular weight excluding hydrogens is 294 g/mol. The summed E-state index contributed by atoms with van der Waals surface area (Å²) >= 11 is 0. The number of rotatable bonds is 3. The summed E-state index contributed by atoms with van der Waals surface area (Å²) in [6.07, 6.45) is -1.21. The molecule has 3 nitrogen and oxygen atoms in total. The fourth-order valence-corrected chi connectivity index (χ4v) is 3.01. The van der Waals surface area contributed by atoms with E-state index in [-0.39, 0.29) is 34.8 Å². The van der Waals surface area contributed by atoms with E-state index in [1.54, 1.807) is 31.2 Å². The van der Waals surface area contributed by atoms with Crippen molar-refractivity contribution in [2.45, 2.75) is 39.6 Å². The van der Waals surface area contributed by atoms with Crippen molar-refractivity contribution in [3.8, 4) is 0 Å². The number of benzene rings is 1. The zero-order valence-electron chi connectivity index (χ0n) is 25.2. The number of likely N-dealkylation sites (N-methyl/N-ethyl adjacent to an activating group) is 1. The lowest BCUT2D eigenvalue weighted by molar-refractivity contribution is 0.309. The number of aryl methyl sites for hydroxylation is 4. The maximum absolute atomic E-state index is 8.75. The largest absolute Gasteiger partial charge is 0.344 e. The van der Waals surface area contributed by atoms with Gasteiger partial charge in [0.15, 0.2) is 0 Å². The van der Waals surface area contributed by atoms with Crippen LogP contribution in [0.15, 0.2) is 36.5 Å². The van der Waals surface area contributed by atoms with Crippen LogP contribution in [0.1, 0.15) is 44.5 Å². The van der Waals surface area contributed by atoms with Crippen LogP contribution in [0.25, 0.3) is 10.9 Å². The Bertz CT molecular complexity index is 1300. The summed E-state index contributed by atoms with van der Waals surface area (Å²) < 4.78 is 99.2. The van der Waals surface area contributed by atoms with Gasteiger partial charge in [-0.05, 0) is 56.5 Å². The summed E-state index contributed by atoms with van der Waals surface area (Å²) in [5.41, 5.74) is 1.30. The normalized spacial score (nSPS) is 29.7. The zero-order chi connectivity index (χ0) is 27.1. The van der Waals surface area contributed by atoms with Gasteiger partial charge >= 0.3 is 0 Å². The molecule has 0 spiro atoms. The maximum atomic E-state index is 8.75. The Morgan fingerprint density at radius 2 is 2.25 bits per heavy atom. The minimum absolute atomic E-state index is 0.0128. The average molecular weight is 332 g/mol. The van der Waals surface area contributed by atoms with Crippen molar-refractivity contribution in [3.63, 3.8) is 0 Å². The van der Waals surface area contributed by atoms with Crippen molar-refractivity contribution >= 4 is 10.9 Å². The molecule has 1 aliphatic rings. The number of hydrogen-bond acceptors (Lipinski definition) is 2. The molecule has 1 aromatic carbocycles. The van der Waals surface area contributed by atoms with Crippen molar-refractivity contribution in [1.82, 2.24) is 14.5 Å². The molecule has 2 aromatic heterocycles. The van der Waals surface area contributed by atoms with Crippen molar-refractivity contribution in [1.29, 1.82) is 0 Å². The van der Waals surface area contributed by atoms with Crippen molar-refractivity contribution in [2.75, 3.05) is 13.5 Å². The van der Waals surface area contributed by atoms with Crippen molar-refractivity contribution in [2.24, 2.45) is 0 Å². The lowest BCUT2D eigenvalue weighted by Gasteiger charge is -2.24. The third-order valence-corrected chi connectivity index (χ3v) is 4.18. The van der Waals surface area contributed by atoms with E-state index in [0.717, 1.165) is 5.56 Å². The Morgan fingerprint density at radius 3 is 3.04 bits per heavy atom. The molecule has 0 saturated heterocycles. The molecule has 0 radical (unpaired) electrons. The zero-order valence-corrected chi connectivity index (χ0v) is 13.2. The number of hydrogen-bond donors (Lipinski definition) is 0. The highest BCUT2D eigenvalue weighted by atomic mass is 15.1. The lowest BCUT2D eigenvalue weighted by Crippen LogP contribution is -2.27. The number of fused-ring (bicyclic) bond motifs is 3. The number of aromatic nitrogens is 2. The van der Waals surface area contributed by atoms with Gasteiger partial charge in [-0.25, -0.2) is 0 Å². The predicted molar refractivity (Wildman–Crippen MR) is 99.4 cm³/mol. The fraction of sp³-hybridized carbons (Fsp3) is 0.381. The first-order chi connectivity index (χ1) is 16.3. The molecule has 0 aliphatic carbocycles. The molecule has 1 aliphatic heterocycles. The smallest absolute Gasteiger partial charge is 0.0486 e. The van der Waals surface area contributed by atoms with E-state index in [2.05, 4.69) is 4.98 Å². The van der Waals surface area contributed by atoms with Crippen LogP contribution in [0.2, 0.25) is 0 Å². The van der Waals surface area contributed by atoms with Crippen LogP contribution < -0.4 is 0 Å². The molecule has 3 heteroatoms. The summed E-state index contributed by atoms with van der Waals surface area (Å²) in [5, 5.41) is 0.305. The average Bonchev–Trinajstić information content (AvgIpc) is 3.04. The van der Waals surface area contributed by atoms with E-state index in [4.69, 9.17) is 16.4 Å². The lowest BCUT2D eigenvalue weighted by atomic mass is 10.0. The molecule has 0 unspecified atom stereocenters. The van der Waals surface area contributed by atoms with Crippen LogP contribution >= 0.6 is 0 Å². The number of pyridine rings is 1. The van der Waals surface area contributed by atoms with Crippen LogP contribution in [0.4, 0.5) is 0 Å². The maximum Gasteiger partial charge on any atom is 0.0486 e. The van der Waals surface area contributed by atoms with Gasteiger partial charge in [0.2, 0.25) is 0 Å². The van der Waals surface area contributed by atoms with Gasteiger partial charge in [-0.3, -0.25) is 4.98 Å². The van der Waals surface area contributed by atoms with Gasteiger partial charge in [0.25, 0.3) is 0 Å². The Labute approximate surface area is 160 Å². The quantitative estimate of drug-likeness (QED) is 0.726. The molecule has 0 bridgehead atoms. The topological polar surface area (TPSA) is 21.1 Å². The first-order valence-electron chi connectivity index (χ1n) is 13.7. The molecule has 0 atom stereocenters. The first-order valence-corrected chi connectivity index (χ1v) is 7.71. The van der Waals surface area contributed by atoms with Gasteiger partial charge in [0, 0.05) is 70.8 Å². The second-order valence-corrected chi connectivity index (χ2v) is 5.88. The Hall–Kier alpha value is -2.13. The first kappa shape index (κ1) is 7.01. The molecule has 124 valence electrons. The third kappa shape index (κ3) is 2.73. The molecule has 0 N–H and O–H groups in total. The Balaban J connectivity index is 1.91. The van der Waals surface area contributed by atoms with E-state index in [1.807, 2.05) is 0 Å². The minimum atomic E-state index is -3.26. The van der Waals surface area contributed by atoms with Crippen LogP contribution in [0.5, 0.6) is 0 Å². The second kappa shape index (κ2) is 6.06. The van der Waals surface area contributed by atoms with Gasteiger partial charge in [-0.1, -0.05) is 17.7 Å². The molecule has 0 fully saturated rings. The summed E-state index contributed by atoms with van der Waals surface area (Å²) in [5.74, 6) is 0. The highest BCUT2D eigenvalue weighted by Crippen LogP contribution is 2.31. The van der Waals surface area contributed by atoms with Gasteiger partial charge in [0.1, 0.15) is 0 Å². The Kier molecular flexibility index (Phi) is 1.77. The van der Waals surface area contributed by atoms with Gasteiger partial charge in [0.05, 0.1) is 0 Å². The monoisotopic (exact) mass is 331 g/mol. The van der Waals surface area contributed by atoms with Gasteiger partial charge in [-0.15, -0.1) is 0 Å². The van der Waals surface area contributed by atoms with Crippen molar-refractivity contribution < 1.29 is 16.4 Å². The summed E-state index contributed by atoms with van der Waals surface area (Å²) in [6, 6.07) is 8.07. The standard InChI is InChI=1S/C21H25N3/c1-15-4-7-20-18(12-15)19-14-23(3)10-9-21(19)24(20)11-8-17-6-5-16(2)22-13-17/h4-7,12-13H,8-11,14H2,1-3H3/i2D3,3D3,9D2,10D2,14D2. The fourth-order valence-electron chi connectivity index (χ4n) is 3.01.